The van der Waals surface area contributed by atoms with Crippen LogP contribution in [0.15, 0.2) is 12.2 Å². The lowest BCUT2D eigenvalue weighted by Gasteiger charge is -2.34. The van der Waals surface area contributed by atoms with Gasteiger partial charge in [-0.2, -0.15) is 8.42 Å². The number of hydrogen-bond donors (Lipinski definition) is 1. The SMILES string of the molecule is C=C(C)C(=O)OC(C)[N+](C)(C)CCCS(=O)(=O)O. The standard InChI is InChI=1S/C11H21NO5S/c1-9(2)11(13)17-10(3)12(4,5)7-6-8-18(14,15)16/h10H,1,6-8H2,2-5H3/p+1. The van der Waals surface area contributed by atoms with Gasteiger partial charge in [0.05, 0.1) is 26.4 Å². The van der Waals surface area contributed by atoms with E-state index in [-0.39, 0.29) is 5.75 Å². The van der Waals surface area contributed by atoms with Gasteiger partial charge in [0.2, 0.25) is 6.23 Å². The quantitative estimate of drug-likeness (QED) is 0.245. The van der Waals surface area contributed by atoms with E-state index >= 15 is 0 Å². The summed E-state index contributed by atoms with van der Waals surface area (Å²) in [6, 6.07) is 0. The maximum atomic E-state index is 11.4. The van der Waals surface area contributed by atoms with Crippen LogP contribution in [0, 0.1) is 0 Å². The first-order valence-electron chi connectivity index (χ1n) is 5.60. The fourth-order valence-corrected chi connectivity index (χ4v) is 1.73. The van der Waals surface area contributed by atoms with Gasteiger partial charge < -0.3 is 4.74 Å². The molecule has 1 N–H and O–H groups in total. The predicted octanol–water partition coefficient (Wildman–Crippen LogP) is 0.806. The van der Waals surface area contributed by atoms with Gasteiger partial charge in [0.25, 0.3) is 10.1 Å². The van der Waals surface area contributed by atoms with Gasteiger partial charge in [0.15, 0.2) is 0 Å². The Morgan fingerprint density at radius 3 is 2.33 bits per heavy atom. The molecule has 18 heavy (non-hydrogen) atoms. The van der Waals surface area contributed by atoms with E-state index in [0.717, 1.165) is 0 Å². The zero-order valence-electron chi connectivity index (χ0n) is 11.3. The summed E-state index contributed by atoms with van der Waals surface area (Å²) in [7, 11) is -0.301. The first-order chi connectivity index (χ1) is 7.96. The molecule has 0 rings (SSSR count). The van der Waals surface area contributed by atoms with Gasteiger partial charge in [0.1, 0.15) is 0 Å². The molecule has 0 aliphatic carbocycles. The number of nitrogens with zero attached hydrogens (tertiary/aromatic N) is 1. The van der Waals surface area contributed by atoms with Crippen LogP contribution in [0.5, 0.6) is 0 Å². The Bertz CT molecular complexity index is 413. The monoisotopic (exact) mass is 280 g/mol. The molecule has 0 aromatic carbocycles. The second-order valence-electron chi connectivity index (χ2n) is 4.93. The molecule has 0 amide bonds. The van der Waals surface area contributed by atoms with Crippen LogP contribution in [0.2, 0.25) is 0 Å². The Morgan fingerprint density at radius 1 is 1.44 bits per heavy atom. The number of esters is 1. The van der Waals surface area contributed by atoms with E-state index in [1.54, 1.807) is 13.8 Å². The molecule has 1 unspecified atom stereocenters. The molecule has 0 aliphatic rings. The molecule has 106 valence electrons. The number of ether oxygens (including phenoxy) is 1. The smallest absolute Gasteiger partial charge is 0.337 e. The molecule has 6 nitrogen and oxygen atoms in total. The first-order valence-corrected chi connectivity index (χ1v) is 7.21. The summed E-state index contributed by atoms with van der Waals surface area (Å²) in [6.45, 7) is 7.25. The summed E-state index contributed by atoms with van der Waals surface area (Å²) in [5.41, 5.74) is 0.319. The molecule has 0 fully saturated rings. The van der Waals surface area contributed by atoms with Crippen molar-refractivity contribution in [2.75, 3.05) is 26.4 Å². The number of hydrogen-bond acceptors (Lipinski definition) is 4. The van der Waals surface area contributed by atoms with Crippen LogP contribution >= 0.6 is 0 Å². The van der Waals surface area contributed by atoms with E-state index in [1.165, 1.54) is 0 Å². The predicted molar refractivity (Wildman–Crippen MR) is 68.4 cm³/mol. The first kappa shape index (κ1) is 17.1. The minimum atomic E-state index is -3.94. The summed E-state index contributed by atoms with van der Waals surface area (Å²) in [4.78, 5) is 11.4. The van der Waals surface area contributed by atoms with Gasteiger partial charge in [-0.15, -0.1) is 0 Å². The summed E-state index contributed by atoms with van der Waals surface area (Å²) < 4.78 is 35.3. The van der Waals surface area contributed by atoms with Crippen molar-refractivity contribution in [3.05, 3.63) is 12.2 Å². The van der Waals surface area contributed by atoms with Gasteiger partial charge in [0, 0.05) is 18.9 Å². The highest BCUT2D eigenvalue weighted by atomic mass is 32.2. The highest BCUT2D eigenvalue weighted by molar-refractivity contribution is 7.85. The van der Waals surface area contributed by atoms with Crippen LogP contribution in [-0.2, 0) is 19.6 Å². The van der Waals surface area contributed by atoms with Crippen LogP contribution in [-0.4, -0.2) is 56.0 Å². The maximum absolute atomic E-state index is 11.4. The third-order valence-corrected chi connectivity index (χ3v) is 3.55. The highest BCUT2D eigenvalue weighted by Gasteiger charge is 2.27. The van der Waals surface area contributed by atoms with Crippen molar-refractivity contribution in [2.45, 2.75) is 26.5 Å². The minimum Gasteiger partial charge on any atom is -0.409 e. The summed E-state index contributed by atoms with van der Waals surface area (Å²) in [5.74, 6) is -0.765. The van der Waals surface area contributed by atoms with Crippen molar-refractivity contribution in [3.8, 4) is 0 Å². The van der Waals surface area contributed by atoms with Gasteiger partial charge in [-0.05, 0) is 6.92 Å². The molecule has 0 saturated carbocycles. The molecule has 7 heteroatoms. The molecule has 0 saturated heterocycles. The molecular formula is C11H22NO5S+. The van der Waals surface area contributed by atoms with Crippen LogP contribution in [0.1, 0.15) is 20.3 Å². The van der Waals surface area contributed by atoms with Crippen molar-refractivity contribution in [2.24, 2.45) is 0 Å². The molecule has 1 atom stereocenters. The zero-order chi connectivity index (χ0) is 14.6. The van der Waals surface area contributed by atoms with E-state index in [2.05, 4.69) is 6.58 Å². The fourth-order valence-electron chi connectivity index (χ4n) is 1.23. The fraction of sp³-hybridized carbons (Fsp3) is 0.727. The van der Waals surface area contributed by atoms with Crippen molar-refractivity contribution in [1.82, 2.24) is 0 Å². The summed E-state index contributed by atoms with van der Waals surface area (Å²) >= 11 is 0. The molecule has 0 spiro atoms. The van der Waals surface area contributed by atoms with E-state index in [4.69, 9.17) is 9.29 Å². The highest BCUT2D eigenvalue weighted by Crippen LogP contribution is 2.11. The van der Waals surface area contributed by atoms with E-state index < -0.39 is 22.3 Å². The maximum Gasteiger partial charge on any atom is 0.337 e. The number of quaternary nitrogens is 1. The van der Waals surface area contributed by atoms with E-state index in [0.29, 0.717) is 23.0 Å². The van der Waals surface area contributed by atoms with E-state index in [9.17, 15) is 13.2 Å². The summed E-state index contributed by atoms with van der Waals surface area (Å²) in [6.07, 6.45) is -0.128. The normalized spacial score (nSPS) is 14.1. The average molecular weight is 280 g/mol. The summed E-state index contributed by atoms with van der Waals surface area (Å²) in [5, 5.41) is 0. The molecule has 0 radical (unpaired) electrons. The van der Waals surface area contributed by atoms with Crippen LogP contribution in [0.4, 0.5) is 0 Å². The van der Waals surface area contributed by atoms with Crippen LogP contribution in [0.25, 0.3) is 0 Å². The van der Waals surface area contributed by atoms with E-state index in [1.807, 2.05) is 14.1 Å². The van der Waals surface area contributed by atoms with Gasteiger partial charge in [-0.25, -0.2) is 4.79 Å². The average Bonchev–Trinajstić information content (AvgIpc) is 2.14. The molecule has 0 aromatic heterocycles. The second-order valence-corrected chi connectivity index (χ2v) is 6.50. The topological polar surface area (TPSA) is 80.7 Å². The lowest BCUT2D eigenvalue weighted by atomic mass is 10.3. The number of carbonyl (C=O) groups is 1. The van der Waals surface area contributed by atoms with Crippen molar-refractivity contribution in [3.63, 3.8) is 0 Å². The minimum absolute atomic E-state index is 0.292. The van der Waals surface area contributed by atoms with Crippen molar-refractivity contribution in [1.29, 1.82) is 0 Å². The van der Waals surface area contributed by atoms with Gasteiger partial charge in [-0.3, -0.25) is 9.04 Å². The third kappa shape index (κ3) is 6.73. The zero-order valence-corrected chi connectivity index (χ0v) is 12.2. The van der Waals surface area contributed by atoms with Crippen molar-refractivity contribution >= 4 is 16.1 Å². The van der Waals surface area contributed by atoms with Gasteiger partial charge >= 0.3 is 5.97 Å². The molecular weight excluding hydrogens is 258 g/mol. The van der Waals surface area contributed by atoms with Crippen LogP contribution < -0.4 is 0 Å². The molecule has 0 bridgehead atoms. The van der Waals surface area contributed by atoms with Crippen molar-refractivity contribution < 1.29 is 27.0 Å². The van der Waals surface area contributed by atoms with Gasteiger partial charge in [-0.1, -0.05) is 6.58 Å². The molecule has 0 aliphatic heterocycles. The molecule has 0 aromatic rings. The number of rotatable bonds is 7. The van der Waals surface area contributed by atoms with Crippen LogP contribution in [0.3, 0.4) is 0 Å². The lowest BCUT2D eigenvalue weighted by molar-refractivity contribution is -0.932. The lowest BCUT2D eigenvalue weighted by Crippen LogP contribution is -2.50. The largest absolute Gasteiger partial charge is 0.409 e. The number of carbonyl (C=O) groups excluding carboxylic acids is 1. The Balaban J connectivity index is 4.35. The Kier molecular flexibility index (Phi) is 5.98. The Morgan fingerprint density at radius 2 is 1.94 bits per heavy atom. The third-order valence-electron chi connectivity index (χ3n) is 2.75. The Hall–Kier alpha value is -0.920. The molecule has 0 heterocycles. The second kappa shape index (κ2) is 6.31. The Labute approximate surface area is 109 Å².